The highest BCUT2D eigenvalue weighted by Gasteiger charge is 2.22. The van der Waals surface area contributed by atoms with E-state index in [1.807, 2.05) is 13.8 Å². The number of nitrogens with zero attached hydrogens (tertiary/aromatic N) is 2. The van der Waals surface area contributed by atoms with Crippen molar-refractivity contribution in [2.24, 2.45) is 0 Å². The second kappa shape index (κ2) is 13.2. The quantitative estimate of drug-likeness (QED) is 0.285. The highest BCUT2D eigenvalue weighted by Crippen LogP contribution is 2.38. The molecule has 0 aliphatic heterocycles. The van der Waals surface area contributed by atoms with Crippen LogP contribution in [0.15, 0.2) is 30.3 Å². The number of carbonyl (C=O) groups excluding carboxylic acids is 1. The molecule has 2 aromatic rings. The van der Waals surface area contributed by atoms with Crippen LogP contribution in [0, 0.1) is 20.2 Å². The minimum atomic E-state index is -0.596. The third-order valence-electron chi connectivity index (χ3n) is 4.40. The number of hydrogen-bond donors (Lipinski definition) is 1. The summed E-state index contributed by atoms with van der Waals surface area (Å²) in [7, 11) is 1.35. The van der Waals surface area contributed by atoms with Gasteiger partial charge in [-0.05, 0) is 24.5 Å². The van der Waals surface area contributed by atoms with E-state index in [1.54, 1.807) is 6.07 Å². The van der Waals surface area contributed by atoms with Crippen LogP contribution in [0.3, 0.4) is 0 Å². The molecule has 0 bridgehead atoms. The fourth-order valence-electron chi connectivity index (χ4n) is 2.87. The Labute approximate surface area is 201 Å². The van der Waals surface area contributed by atoms with Crippen LogP contribution in [0.4, 0.5) is 17.1 Å². The number of nitro groups is 2. The molecule has 0 aliphatic rings. The summed E-state index contributed by atoms with van der Waals surface area (Å²) < 4.78 is 16.2. The third-order valence-corrected chi connectivity index (χ3v) is 5.40. The number of amides is 1. The Balaban J connectivity index is 2.11. The maximum Gasteiger partial charge on any atom is 0.311 e. The van der Waals surface area contributed by atoms with Gasteiger partial charge < -0.3 is 19.5 Å². The molecule has 0 heterocycles. The lowest BCUT2D eigenvalue weighted by Crippen LogP contribution is -2.16. The molecule has 0 spiro atoms. The number of hydrogen-bond acceptors (Lipinski definition) is 9. The van der Waals surface area contributed by atoms with E-state index in [1.165, 1.54) is 43.1 Å². The Bertz CT molecular complexity index is 1030. The van der Waals surface area contributed by atoms with Gasteiger partial charge in [0.2, 0.25) is 5.91 Å². The zero-order valence-electron chi connectivity index (χ0n) is 19.2. The van der Waals surface area contributed by atoms with Crippen LogP contribution in [0.5, 0.6) is 17.2 Å². The van der Waals surface area contributed by atoms with Crippen molar-refractivity contribution in [1.82, 2.24) is 0 Å². The number of rotatable bonds is 14. The molecule has 2 aromatic carbocycles. The standard InChI is InChI=1S/C22H27N3O8S/c1-4-8-32-20-11-16(17(24(27)28)12-21(20)33-9-5-2)23-22(26)14-34-13-15-6-7-19(31-3)18(10-15)25(29)30/h6-7,10-12H,4-5,8-9,13-14H2,1-3H3,(H,23,26). The average Bonchev–Trinajstić information content (AvgIpc) is 2.81. The van der Waals surface area contributed by atoms with E-state index in [0.717, 1.165) is 6.42 Å². The van der Waals surface area contributed by atoms with Crippen LogP contribution in [0.25, 0.3) is 0 Å². The summed E-state index contributed by atoms with van der Waals surface area (Å²) in [4.78, 5) is 34.1. The van der Waals surface area contributed by atoms with Crippen molar-refractivity contribution in [1.29, 1.82) is 0 Å². The van der Waals surface area contributed by atoms with Gasteiger partial charge in [-0.1, -0.05) is 19.9 Å². The summed E-state index contributed by atoms with van der Waals surface area (Å²) in [5, 5.41) is 25.3. The van der Waals surface area contributed by atoms with E-state index in [4.69, 9.17) is 14.2 Å². The average molecular weight is 494 g/mol. The maximum atomic E-state index is 12.5. The maximum absolute atomic E-state index is 12.5. The van der Waals surface area contributed by atoms with Crippen LogP contribution < -0.4 is 19.5 Å². The zero-order chi connectivity index (χ0) is 25.1. The molecule has 2 rings (SSSR count). The molecule has 1 N–H and O–H groups in total. The van der Waals surface area contributed by atoms with Crippen molar-refractivity contribution in [3.05, 3.63) is 56.1 Å². The molecule has 0 saturated heterocycles. The summed E-state index contributed by atoms with van der Waals surface area (Å²) >= 11 is 1.21. The molecule has 1 amide bonds. The van der Waals surface area contributed by atoms with Crippen molar-refractivity contribution >= 4 is 34.7 Å². The molecule has 12 heteroatoms. The number of carbonyl (C=O) groups is 1. The molecule has 0 aromatic heterocycles. The van der Waals surface area contributed by atoms with Crippen LogP contribution in [0.1, 0.15) is 32.3 Å². The molecule has 0 fully saturated rings. The summed E-state index contributed by atoms with van der Waals surface area (Å²) in [6.45, 7) is 4.59. The van der Waals surface area contributed by atoms with Crippen molar-refractivity contribution in [3.8, 4) is 17.2 Å². The minimum Gasteiger partial charge on any atom is -0.490 e. The van der Waals surface area contributed by atoms with Crippen molar-refractivity contribution in [3.63, 3.8) is 0 Å². The molecule has 0 aliphatic carbocycles. The molecular weight excluding hydrogens is 466 g/mol. The molecule has 34 heavy (non-hydrogen) atoms. The number of benzene rings is 2. The van der Waals surface area contributed by atoms with Gasteiger partial charge in [0.25, 0.3) is 5.69 Å². The largest absolute Gasteiger partial charge is 0.490 e. The lowest BCUT2D eigenvalue weighted by atomic mass is 10.2. The number of anilines is 1. The highest BCUT2D eigenvalue weighted by molar-refractivity contribution is 7.99. The minimum absolute atomic E-state index is 0.00522. The van der Waals surface area contributed by atoms with Crippen LogP contribution >= 0.6 is 11.8 Å². The van der Waals surface area contributed by atoms with Gasteiger partial charge in [0.05, 0.1) is 42.0 Å². The lowest BCUT2D eigenvalue weighted by molar-refractivity contribution is -0.385. The summed E-state index contributed by atoms with van der Waals surface area (Å²) in [6.07, 6.45) is 1.44. The first-order valence-electron chi connectivity index (χ1n) is 10.6. The smallest absolute Gasteiger partial charge is 0.311 e. The summed E-state index contributed by atoms with van der Waals surface area (Å²) in [6, 6.07) is 7.21. The predicted molar refractivity (Wildman–Crippen MR) is 129 cm³/mol. The van der Waals surface area contributed by atoms with Crippen LogP contribution in [0.2, 0.25) is 0 Å². The third kappa shape index (κ3) is 7.51. The fourth-order valence-corrected chi connectivity index (χ4v) is 3.64. The SMILES string of the molecule is CCCOc1cc(NC(=O)CSCc2ccc(OC)c([N+](=O)[O-])c2)c([N+](=O)[O-])cc1OCCC. The molecule has 0 unspecified atom stereocenters. The van der Waals surface area contributed by atoms with E-state index in [9.17, 15) is 25.0 Å². The first-order chi connectivity index (χ1) is 16.3. The Morgan fingerprint density at radius 1 is 0.941 bits per heavy atom. The van der Waals surface area contributed by atoms with Crippen molar-refractivity contribution in [2.45, 2.75) is 32.4 Å². The number of thioether (sulfide) groups is 1. The van der Waals surface area contributed by atoms with E-state index < -0.39 is 15.8 Å². The van der Waals surface area contributed by atoms with Gasteiger partial charge in [-0.15, -0.1) is 11.8 Å². The zero-order valence-corrected chi connectivity index (χ0v) is 20.0. The van der Waals surface area contributed by atoms with Gasteiger partial charge in [0.15, 0.2) is 17.2 Å². The van der Waals surface area contributed by atoms with E-state index in [2.05, 4.69) is 5.32 Å². The molecule has 11 nitrogen and oxygen atoms in total. The Kier molecular flexibility index (Phi) is 10.4. The second-order valence-electron chi connectivity index (χ2n) is 7.07. The van der Waals surface area contributed by atoms with E-state index in [0.29, 0.717) is 36.7 Å². The molecule has 184 valence electrons. The molecule has 0 radical (unpaired) electrons. The normalized spacial score (nSPS) is 10.4. The Hall–Kier alpha value is -3.54. The topological polar surface area (TPSA) is 143 Å². The van der Waals surface area contributed by atoms with Crippen molar-refractivity contribution in [2.75, 3.05) is 31.4 Å². The van der Waals surface area contributed by atoms with Gasteiger partial charge in [0, 0.05) is 17.9 Å². The van der Waals surface area contributed by atoms with Gasteiger partial charge in [0.1, 0.15) is 5.69 Å². The number of ether oxygens (including phenoxy) is 3. The summed E-state index contributed by atoms with van der Waals surface area (Å²) in [5.41, 5.74) is 0.180. The Morgan fingerprint density at radius 2 is 1.56 bits per heavy atom. The van der Waals surface area contributed by atoms with E-state index in [-0.39, 0.29) is 34.3 Å². The highest BCUT2D eigenvalue weighted by atomic mass is 32.2. The van der Waals surface area contributed by atoms with Gasteiger partial charge >= 0.3 is 5.69 Å². The fraction of sp³-hybridized carbons (Fsp3) is 0.409. The molecular formula is C22H27N3O8S. The second-order valence-corrected chi connectivity index (χ2v) is 8.06. The lowest BCUT2D eigenvalue weighted by Gasteiger charge is -2.14. The van der Waals surface area contributed by atoms with Gasteiger partial charge in [-0.3, -0.25) is 25.0 Å². The molecule has 0 atom stereocenters. The first kappa shape index (κ1) is 26.7. The first-order valence-corrected chi connectivity index (χ1v) is 11.7. The van der Waals surface area contributed by atoms with Crippen LogP contribution in [-0.4, -0.2) is 41.8 Å². The van der Waals surface area contributed by atoms with Gasteiger partial charge in [-0.2, -0.15) is 0 Å². The number of methoxy groups -OCH3 is 1. The van der Waals surface area contributed by atoms with E-state index >= 15 is 0 Å². The Morgan fingerprint density at radius 3 is 2.12 bits per heavy atom. The van der Waals surface area contributed by atoms with Crippen LogP contribution in [-0.2, 0) is 10.5 Å². The molecule has 0 saturated carbocycles. The van der Waals surface area contributed by atoms with Crippen molar-refractivity contribution < 1.29 is 28.9 Å². The monoisotopic (exact) mass is 493 g/mol. The number of nitro benzene ring substituents is 2. The predicted octanol–water partition coefficient (Wildman–Crippen LogP) is 4.96. The van der Waals surface area contributed by atoms with Gasteiger partial charge in [-0.25, -0.2) is 0 Å². The number of nitrogens with one attached hydrogen (secondary N) is 1. The summed E-state index contributed by atoms with van der Waals surface area (Å²) in [5.74, 6) is 0.562.